The molecule has 1 aromatic carbocycles. The van der Waals surface area contributed by atoms with Crippen LogP contribution < -0.4 is 0 Å². The van der Waals surface area contributed by atoms with E-state index in [1.165, 1.54) is 12.1 Å². The molecule has 4 heteroatoms. The van der Waals surface area contributed by atoms with E-state index in [9.17, 15) is 13.5 Å². The quantitative estimate of drug-likeness (QED) is 0.654. The molecule has 0 aliphatic carbocycles. The molecule has 0 atom stereocenters. The van der Waals surface area contributed by atoms with E-state index in [0.29, 0.717) is 5.56 Å². The van der Waals surface area contributed by atoms with E-state index < -0.39 is 9.84 Å². The number of aromatic hydroxyl groups is 1. The third kappa shape index (κ3) is 0.848. The number of fused-ring (bicyclic) bond motifs is 1. The predicted octanol–water partition coefficient (Wildman–Crippen LogP) is 1.15. The molecule has 0 bridgehead atoms. The molecule has 0 fully saturated rings. The van der Waals surface area contributed by atoms with E-state index in [4.69, 9.17) is 0 Å². The maximum atomic E-state index is 11.2. The third-order valence-corrected chi connectivity index (χ3v) is 3.24. The number of benzene rings is 1. The highest BCUT2D eigenvalue weighted by Gasteiger charge is 2.23. The van der Waals surface area contributed by atoms with Gasteiger partial charge in [0.2, 0.25) is 9.84 Å². The van der Waals surface area contributed by atoms with Crippen LogP contribution in [-0.2, 0) is 9.84 Å². The van der Waals surface area contributed by atoms with Crippen LogP contribution in [0, 0.1) is 0 Å². The van der Waals surface area contributed by atoms with Crippen molar-refractivity contribution in [2.45, 2.75) is 4.90 Å². The largest absolute Gasteiger partial charge is 0.507 e. The van der Waals surface area contributed by atoms with E-state index in [2.05, 4.69) is 0 Å². The first-order valence-corrected chi connectivity index (χ1v) is 4.91. The number of hydrogen-bond acceptors (Lipinski definition) is 3. The van der Waals surface area contributed by atoms with E-state index in [-0.39, 0.29) is 10.6 Å². The van der Waals surface area contributed by atoms with Gasteiger partial charge < -0.3 is 5.11 Å². The standard InChI is InChI=1S/C8H6O3S/c9-7-3-1-2-6-4-5-12(10,11)8(6)7/h1-5,9H. The second kappa shape index (κ2) is 2.10. The van der Waals surface area contributed by atoms with Gasteiger partial charge in [-0.15, -0.1) is 0 Å². The van der Waals surface area contributed by atoms with Crippen molar-refractivity contribution in [3.8, 4) is 5.75 Å². The molecule has 0 amide bonds. The molecule has 0 saturated heterocycles. The minimum Gasteiger partial charge on any atom is -0.507 e. The first-order valence-electron chi connectivity index (χ1n) is 3.36. The number of sulfone groups is 1. The average molecular weight is 182 g/mol. The number of rotatable bonds is 0. The minimum absolute atomic E-state index is 0.0185. The summed E-state index contributed by atoms with van der Waals surface area (Å²) in [6, 6.07) is 4.62. The number of hydrogen-bond donors (Lipinski definition) is 1. The van der Waals surface area contributed by atoms with Gasteiger partial charge in [0.25, 0.3) is 0 Å². The van der Waals surface area contributed by atoms with Crippen LogP contribution in [0.5, 0.6) is 5.75 Å². The number of phenolic OH excluding ortho intramolecular Hbond substituents is 1. The molecule has 0 aromatic heterocycles. The highest BCUT2D eigenvalue weighted by atomic mass is 32.2. The lowest BCUT2D eigenvalue weighted by atomic mass is 10.2. The summed E-state index contributed by atoms with van der Waals surface area (Å²) in [4.78, 5) is 0.0185. The van der Waals surface area contributed by atoms with Crippen molar-refractivity contribution < 1.29 is 13.5 Å². The summed E-state index contributed by atoms with van der Waals surface area (Å²) in [6.45, 7) is 0. The predicted molar refractivity (Wildman–Crippen MR) is 44.3 cm³/mol. The summed E-state index contributed by atoms with van der Waals surface area (Å²) in [5.74, 6) is -0.183. The van der Waals surface area contributed by atoms with Crippen molar-refractivity contribution in [2.75, 3.05) is 0 Å². The Morgan fingerprint density at radius 3 is 2.67 bits per heavy atom. The van der Waals surface area contributed by atoms with Gasteiger partial charge in [-0.3, -0.25) is 0 Å². The van der Waals surface area contributed by atoms with Gasteiger partial charge in [-0.2, -0.15) is 0 Å². The summed E-state index contributed by atoms with van der Waals surface area (Å²) < 4.78 is 22.5. The Bertz CT molecular complexity index is 457. The summed E-state index contributed by atoms with van der Waals surface area (Å²) in [5, 5.41) is 10.3. The van der Waals surface area contributed by atoms with Crippen molar-refractivity contribution in [2.24, 2.45) is 0 Å². The Morgan fingerprint density at radius 2 is 2.00 bits per heavy atom. The second-order valence-electron chi connectivity index (χ2n) is 2.54. The Balaban J connectivity index is 2.88. The fourth-order valence-corrected chi connectivity index (χ4v) is 2.50. The van der Waals surface area contributed by atoms with Crippen LogP contribution in [0.4, 0.5) is 0 Å². The topological polar surface area (TPSA) is 54.4 Å². The second-order valence-corrected chi connectivity index (χ2v) is 4.31. The Labute approximate surface area is 69.9 Å². The first kappa shape index (κ1) is 7.36. The lowest BCUT2D eigenvalue weighted by Gasteiger charge is -1.99. The van der Waals surface area contributed by atoms with E-state index in [1.807, 2.05) is 0 Å². The minimum atomic E-state index is -3.37. The van der Waals surface area contributed by atoms with Gasteiger partial charge in [0.05, 0.1) is 0 Å². The average Bonchev–Trinajstić information content (AvgIpc) is 2.29. The smallest absolute Gasteiger partial charge is 0.204 e. The van der Waals surface area contributed by atoms with Crippen LogP contribution in [0.3, 0.4) is 0 Å². The molecular formula is C8H6O3S. The number of phenols is 1. The molecule has 0 spiro atoms. The SMILES string of the molecule is O=S1(=O)C=Cc2cccc(O)c21. The Hall–Kier alpha value is -1.29. The zero-order chi connectivity index (χ0) is 8.77. The maximum Gasteiger partial charge on any atom is 0.204 e. The van der Waals surface area contributed by atoms with Crippen molar-refractivity contribution in [1.29, 1.82) is 0 Å². The fraction of sp³-hybridized carbons (Fsp3) is 0. The zero-order valence-corrected chi connectivity index (χ0v) is 6.88. The van der Waals surface area contributed by atoms with Crippen molar-refractivity contribution >= 4 is 15.9 Å². The van der Waals surface area contributed by atoms with E-state index in [0.717, 1.165) is 5.41 Å². The van der Waals surface area contributed by atoms with E-state index >= 15 is 0 Å². The Kier molecular flexibility index (Phi) is 1.29. The van der Waals surface area contributed by atoms with Crippen LogP contribution in [0.2, 0.25) is 0 Å². The molecular weight excluding hydrogens is 176 g/mol. The van der Waals surface area contributed by atoms with Crippen LogP contribution in [0.15, 0.2) is 28.5 Å². The van der Waals surface area contributed by atoms with Gasteiger partial charge in [0.1, 0.15) is 10.6 Å². The van der Waals surface area contributed by atoms with Crippen molar-refractivity contribution in [3.63, 3.8) is 0 Å². The van der Waals surface area contributed by atoms with Crippen molar-refractivity contribution in [3.05, 3.63) is 29.2 Å². The maximum absolute atomic E-state index is 11.2. The van der Waals surface area contributed by atoms with E-state index in [1.54, 1.807) is 12.1 Å². The molecule has 0 radical (unpaired) electrons. The molecule has 1 N–H and O–H groups in total. The molecule has 1 heterocycles. The molecule has 1 aromatic rings. The third-order valence-electron chi connectivity index (χ3n) is 1.74. The zero-order valence-electron chi connectivity index (χ0n) is 6.06. The van der Waals surface area contributed by atoms with Crippen molar-refractivity contribution in [1.82, 2.24) is 0 Å². The van der Waals surface area contributed by atoms with Gasteiger partial charge in [-0.1, -0.05) is 12.1 Å². The fourth-order valence-electron chi connectivity index (χ4n) is 1.21. The molecule has 2 rings (SSSR count). The lowest BCUT2D eigenvalue weighted by Crippen LogP contribution is -1.93. The summed E-state index contributed by atoms with van der Waals surface area (Å²) in [6.07, 6.45) is 1.48. The summed E-state index contributed by atoms with van der Waals surface area (Å²) in [7, 11) is -3.37. The molecule has 3 nitrogen and oxygen atoms in total. The van der Waals surface area contributed by atoms with Gasteiger partial charge in [-0.05, 0) is 17.7 Å². The van der Waals surface area contributed by atoms with Crippen LogP contribution in [0.25, 0.3) is 6.08 Å². The monoisotopic (exact) mass is 182 g/mol. The first-order chi connectivity index (χ1) is 5.61. The van der Waals surface area contributed by atoms with Gasteiger partial charge in [0.15, 0.2) is 0 Å². The molecule has 62 valence electrons. The lowest BCUT2D eigenvalue weighted by molar-refractivity contribution is 0.459. The molecule has 1 aliphatic rings. The highest BCUT2D eigenvalue weighted by molar-refractivity contribution is 7.95. The van der Waals surface area contributed by atoms with Gasteiger partial charge in [-0.25, -0.2) is 8.42 Å². The van der Waals surface area contributed by atoms with Gasteiger partial charge in [0, 0.05) is 5.41 Å². The van der Waals surface area contributed by atoms with Gasteiger partial charge >= 0.3 is 0 Å². The Morgan fingerprint density at radius 1 is 1.25 bits per heavy atom. The summed E-state index contributed by atoms with van der Waals surface area (Å²) in [5.41, 5.74) is 0.551. The molecule has 0 saturated carbocycles. The molecule has 0 unspecified atom stereocenters. The highest BCUT2D eigenvalue weighted by Crippen LogP contribution is 2.33. The summed E-state index contributed by atoms with van der Waals surface area (Å²) >= 11 is 0. The van der Waals surface area contributed by atoms with Crippen LogP contribution in [0.1, 0.15) is 5.56 Å². The normalized spacial score (nSPS) is 17.7. The van der Waals surface area contributed by atoms with Crippen LogP contribution >= 0.6 is 0 Å². The molecule has 12 heavy (non-hydrogen) atoms. The molecule has 1 aliphatic heterocycles. The van der Waals surface area contributed by atoms with Crippen LogP contribution in [-0.4, -0.2) is 13.5 Å².